The highest BCUT2D eigenvalue weighted by Gasteiger charge is 2.34. The lowest BCUT2D eigenvalue weighted by molar-refractivity contribution is -0.137. The molecule has 0 aliphatic heterocycles. The van der Waals surface area contributed by atoms with Crippen LogP contribution in [0, 0.1) is 0 Å². The van der Waals surface area contributed by atoms with Crippen LogP contribution in [-0.2, 0) is 19.8 Å². The van der Waals surface area contributed by atoms with Crippen molar-refractivity contribution in [1.29, 1.82) is 0 Å². The van der Waals surface area contributed by atoms with Gasteiger partial charge in [0.15, 0.2) is 0 Å². The number of halogens is 3. The van der Waals surface area contributed by atoms with Crippen LogP contribution in [-0.4, -0.2) is 13.2 Å². The summed E-state index contributed by atoms with van der Waals surface area (Å²) < 4.78 is 61.1. The molecule has 0 aliphatic rings. The van der Waals surface area contributed by atoms with Gasteiger partial charge in [-0.2, -0.15) is 13.2 Å². The van der Waals surface area contributed by atoms with Crippen molar-refractivity contribution in [2.24, 2.45) is 5.73 Å². The predicted octanol–water partition coefficient (Wildman–Crippen LogP) is 5.60. The van der Waals surface area contributed by atoms with E-state index in [0.717, 1.165) is 17.7 Å². The van der Waals surface area contributed by atoms with E-state index in [1.54, 1.807) is 38.1 Å². The largest absolute Gasteiger partial charge is 0.416 e. The van der Waals surface area contributed by atoms with Gasteiger partial charge < -0.3 is 14.8 Å². The summed E-state index contributed by atoms with van der Waals surface area (Å²) in [5, 5.41) is 0. The average Bonchev–Trinajstić information content (AvgIpc) is 2.61. The zero-order valence-corrected chi connectivity index (χ0v) is 15.4. The van der Waals surface area contributed by atoms with E-state index in [9.17, 15) is 17.7 Å². The third-order valence-corrected chi connectivity index (χ3v) is 5.97. The molecule has 0 unspecified atom stereocenters. The SMILES string of the molecule is CCOP(=O)(OCC)[C@@H](N)c1ccc(-c2ccc(C(F)(F)F)cc2)cc1. The lowest BCUT2D eigenvalue weighted by Crippen LogP contribution is -2.15. The first-order valence-electron chi connectivity index (χ1n) is 8.13. The lowest BCUT2D eigenvalue weighted by Gasteiger charge is -2.23. The number of nitrogens with two attached hydrogens (primary N) is 1. The van der Waals surface area contributed by atoms with E-state index >= 15 is 0 Å². The van der Waals surface area contributed by atoms with Crippen molar-refractivity contribution in [3.63, 3.8) is 0 Å². The Morgan fingerprint density at radius 1 is 0.923 bits per heavy atom. The fourth-order valence-electron chi connectivity index (χ4n) is 2.46. The third-order valence-electron chi connectivity index (χ3n) is 3.76. The summed E-state index contributed by atoms with van der Waals surface area (Å²) in [4.78, 5) is 0. The summed E-state index contributed by atoms with van der Waals surface area (Å²) in [7, 11) is -3.49. The summed E-state index contributed by atoms with van der Waals surface area (Å²) in [6, 6.07) is 11.6. The van der Waals surface area contributed by atoms with E-state index in [4.69, 9.17) is 14.8 Å². The highest BCUT2D eigenvalue weighted by molar-refractivity contribution is 7.54. The maximum absolute atomic E-state index is 12.7. The molecule has 0 spiro atoms. The summed E-state index contributed by atoms with van der Waals surface area (Å²) in [5.74, 6) is -0.941. The summed E-state index contributed by atoms with van der Waals surface area (Å²) in [6.07, 6.45) is -4.37. The molecule has 2 N–H and O–H groups in total. The minimum absolute atomic E-state index is 0.203. The van der Waals surface area contributed by atoms with Crippen molar-refractivity contribution in [2.75, 3.05) is 13.2 Å². The molecule has 0 aromatic heterocycles. The number of hydrogen-bond donors (Lipinski definition) is 1. The molecule has 0 amide bonds. The smallest absolute Gasteiger partial charge is 0.314 e. The Morgan fingerprint density at radius 3 is 1.73 bits per heavy atom. The Bertz CT molecular complexity index is 751. The van der Waals surface area contributed by atoms with Gasteiger partial charge in [0.05, 0.1) is 18.8 Å². The Hall–Kier alpha value is -1.66. The van der Waals surface area contributed by atoms with Crippen LogP contribution in [0.2, 0.25) is 0 Å². The fraction of sp³-hybridized carbons (Fsp3) is 0.333. The molecule has 142 valence electrons. The van der Waals surface area contributed by atoms with Crippen LogP contribution in [0.15, 0.2) is 48.5 Å². The quantitative estimate of drug-likeness (QED) is 0.629. The number of alkyl halides is 3. The summed E-state index contributed by atoms with van der Waals surface area (Å²) in [5.41, 5.74) is 7.28. The molecule has 2 aromatic rings. The number of rotatable bonds is 7. The van der Waals surface area contributed by atoms with Crippen LogP contribution < -0.4 is 5.73 Å². The van der Waals surface area contributed by atoms with E-state index in [1.165, 1.54) is 12.1 Å². The van der Waals surface area contributed by atoms with E-state index in [1.807, 2.05) is 0 Å². The molecule has 2 rings (SSSR count). The van der Waals surface area contributed by atoms with Crippen LogP contribution in [0.4, 0.5) is 13.2 Å². The van der Waals surface area contributed by atoms with Gasteiger partial charge in [-0.25, -0.2) is 0 Å². The van der Waals surface area contributed by atoms with Gasteiger partial charge in [0, 0.05) is 0 Å². The van der Waals surface area contributed by atoms with Crippen molar-refractivity contribution in [3.8, 4) is 11.1 Å². The Balaban J connectivity index is 2.23. The number of hydrogen-bond acceptors (Lipinski definition) is 4. The Labute approximate surface area is 150 Å². The minimum Gasteiger partial charge on any atom is -0.314 e. The fourth-order valence-corrected chi connectivity index (χ4v) is 4.12. The third kappa shape index (κ3) is 4.74. The van der Waals surface area contributed by atoms with Crippen LogP contribution >= 0.6 is 7.60 Å². The van der Waals surface area contributed by atoms with Crippen LogP contribution in [0.1, 0.15) is 30.8 Å². The van der Waals surface area contributed by atoms with Gasteiger partial charge in [-0.05, 0) is 42.7 Å². The molecule has 0 bridgehead atoms. The second-order valence-corrected chi connectivity index (χ2v) is 7.67. The van der Waals surface area contributed by atoms with Crippen molar-refractivity contribution in [1.82, 2.24) is 0 Å². The van der Waals surface area contributed by atoms with Gasteiger partial charge in [0.1, 0.15) is 5.78 Å². The molecule has 0 saturated heterocycles. The molecule has 0 fully saturated rings. The molecule has 0 saturated carbocycles. The Kier molecular flexibility index (Phi) is 6.64. The molecule has 4 nitrogen and oxygen atoms in total. The molecule has 1 atom stereocenters. The number of benzene rings is 2. The zero-order chi connectivity index (χ0) is 19.4. The maximum Gasteiger partial charge on any atom is 0.416 e. The van der Waals surface area contributed by atoms with Crippen molar-refractivity contribution >= 4 is 7.60 Å². The monoisotopic (exact) mass is 387 g/mol. The van der Waals surface area contributed by atoms with Crippen LogP contribution in [0.5, 0.6) is 0 Å². The van der Waals surface area contributed by atoms with E-state index < -0.39 is 25.1 Å². The van der Waals surface area contributed by atoms with Crippen molar-refractivity contribution in [2.45, 2.75) is 25.8 Å². The van der Waals surface area contributed by atoms with Crippen LogP contribution in [0.3, 0.4) is 0 Å². The summed E-state index contributed by atoms with van der Waals surface area (Å²) in [6.45, 7) is 3.81. The average molecular weight is 387 g/mol. The lowest BCUT2D eigenvalue weighted by atomic mass is 10.0. The zero-order valence-electron chi connectivity index (χ0n) is 14.5. The van der Waals surface area contributed by atoms with Gasteiger partial charge in [0.2, 0.25) is 0 Å². The molecular weight excluding hydrogens is 366 g/mol. The van der Waals surface area contributed by atoms with Crippen molar-refractivity contribution < 1.29 is 26.8 Å². The molecule has 0 radical (unpaired) electrons. The standard InChI is InChI=1S/C18H21F3NO3P/c1-3-24-26(23,25-4-2)17(22)15-7-5-13(6-8-15)14-9-11-16(12-10-14)18(19,20)21/h5-12,17H,3-4,22H2,1-2H3/t17-/m1/s1. The molecule has 0 aliphatic carbocycles. The molecular formula is C18H21F3NO3P. The normalized spacial score (nSPS) is 13.6. The predicted molar refractivity (Wildman–Crippen MR) is 94.7 cm³/mol. The van der Waals surface area contributed by atoms with Gasteiger partial charge in [-0.3, -0.25) is 4.57 Å². The van der Waals surface area contributed by atoms with Crippen molar-refractivity contribution in [3.05, 3.63) is 59.7 Å². The minimum atomic E-state index is -4.37. The highest BCUT2D eigenvalue weighted by atomic mass is 31.2. The summed E-state index contributed by atoms with van der Waals surface area (Å²) >= 11 is 0. The van der Waals surface area contributed by atoms with E-state index in [-0.39, 0.29) is 13.2 Å². The highest BCUT2D eigenvalue weighted by Crippen LogP contribution is 2.58. The van der Waals surface area contributed by atoms with Crippen LogP contribution in [0.25, 0.3) is 11.1 Å². The van der Waals surface area contributed by atoms with Gasteiger partial charge in [0.25, 0.3) is 0 Å². The molecule has 26 heavy (non-hydrogen) atoms. The second-order valence-electron chi connectivity index (χ2n) is 5.52. The van der Waals surface area contributed by atoms with E-state index in [0.29, 0.717) is 11.1 Å². The van der Waals surface area contributed by atoms with Gasteiger partial charge in [-0.15, -0.1) is 0 Å². The van der Waals surface area contributed by atoms with Gasteiger partial charge in [-0.1, -0.05) is 36.4 Å². The topological polar surface area (TPSA) is 61.5 Å². The van der Waals surface area contributed by atoms with Gasteiger partial charge >= 0.3 is 13.8 Å². The maximum atomic E-state index is 12.7. The first-order valence-corrected chi connectivity index (χ1v) is 9.74. The molecule has 8 heteroatoms. The second kappa shape index (κ2) is 8.35. The Morgan fingerprint density at radius 2 is 1.35 bits per heavy atom. The van der Waals surface area contributed by atoms with E-state index in [2.05, 4.69) is 0 Å². The first kappa shape index (κ1) is 20.6. The molecule has 2 aromatic carbocycles. The molecule has 0 heterocycles. The first-order chi connectivity index (χ1) is 12.2.